The first-order valence-electron chi connectivity index (χ1n) is 10.9. The number of piperidine rings is 1. The molecule has 2 aromatic heterocycles. The summed E-state index contributed by atoms with van der Waals surface area (Å²) in [5.74, 6) is -1.57. The zero-order valence-electron chi connectivity index (χ0n) is 17.6. The van der Waals surface area contributed by atoms with Gasteiger partial charge in [-0.15, -0.1) is 11.3 Å². The maximum atomic E-state index is 14.1. The van der Waals surface area contributed by atoms with Crippen molar-refractivity contribution in [3.63, 3.8) is 0 Å². The molecule has 8 heteroatoms. The molecule has 0 unspecified atom stereocenters. The minimum absolute atomic E-state index is 0.120. The predicted molar refractivity (Wildman–Crippen MR) is 121 cm³/mol. The van der Waals surface area contributed by atoms with Crippen LogP contribution in [-0.4, -0.2) is 34.9 Å². The number of Topliss-reactive ketones (excluding diaryl/α,β-unsaturated/α-hetero) is 1. The number of hydrogen-bond acceptors (Lipinski definition) is 6. The van der Waals surface area contributed by atoms with E-state index in [1.54, 1.807) is 11.6 Å². The van der Waals surface area contributed by atoms with E-state index in [4.69, 9.17) is 5.73 Å². The molecule has 2 N–H and O–H groups in total. The molecule has 5 nitrogen and oxygen atoms in total. The molecule has 0 amide bonds. The average molecular weight is 455 g/mol. The molecule has 0 bridgehead atoms. The highest BCUT2D eigenvalue weighted by atomic mass is 32.1. The summed E-state index contributed by atoms with van der Waals surface area (Å²) in [4.78, 5) is 24.3. The summed E-state index contributed by atoms with van der Waals surface area (Å²) >= 11 is 1.07. The lowest BCUT2D eigenvalue weighted by Crippen LogP contribution is -2.43. The van der Waals surface area contributed by atoms with E-state index in [-0.39, 0.29) is 34.5 Å². The van der Waals surface area contributed by atoms with Gasteiger partial charge in [-0.25, -0.2) is 13.8 Å². The number of carbonyl (C=O) groups is 1. The number of fused-ring (bicyclic) bond motifs is 1. The summed E-state index contributed by atoms with van der Waals surface area (Å²) < 4.78 is 28.3. The average Bonchev–Trinajstić information content (AvgIpc) is 3.43. The molecule has 0 spiro atoms. The normalized spacial score (nSPS) is 18.1. The lowest BCUT2D eigenvalue weighted by molar-refractivity contribution is 0.0989. The summed E-state index contributed by atoms with van der Waals surface area (Å²) in [6.07, 6.45) is 6.96. The van der Waals surface area contributed by atoms with Gasteiger partial charge in [-0.05, 0) is 49.8 Å². The molecule has 1 atom stereocenters. The number of carbonyl (C=O) groups excluding carboxylic acids is 1. The molecular formula is C24H24F2N4OS. The van der Waals surface area contributed by atoms with Crippen LogP contribution in [0.5, 0.6) is 0 Å². The van der Waals surface area contributed by atoms with Crippen molar-refractivity contribution >= 4 is 22.8 Å². The van der Waals surface area contributed by atoms with Gasteiger partial charge in [-0.3, -0.25) is 9.78 Å². The van der Waals surface area contributed by atoms with Gasteiger partial charge < -0.3 is 10.6 Å². The molecule has 0 radical (unpaired) electrons. The Morgan fingerprint density at radius 1 is 1.22 bits per heavy atom. The Balaban J connectivity index is 1.45. The molecule has 3 aromatic rings. The van der Waals surface area contributed by atoms with Crippen LogP contribution >= 0.6 is 11.3 Å². The van der Waals surface area contributed by atoms with Crippen LogP contribution in [0.2, 0.25) is 0 Å². The fourth-order valence-electron chi connectivity index (χ4n) is 4.75. The highest BCUT2D eigenvalue weighted by Gasteiger charge is 2.27. The van der Waals surface area contributed by atoms with Gasteiger partial charge in [-0.2, -0.15) is 0 Å². The van der Waals surface area contributed by atoms with Gasteiger partial charge in [0.1, 0.15) is 22.3 Å². The van der Waals surface area contributed by atoms with Crippen LogP contribution in [0.25, 0.3) is 10.6 Å². The van der Waals surface area contributed by atoms with Crippen molar-refractivity contribution in [1.29, 1.82) is 0 Å². The molecule has 1 saturated heterocycles. The quantitative estimate of drug-likeness (QED) is 0.581. The van der Waals surface area contributed by atoms with Crippen molar-refractivity contribution in [2.75, 3.05) is 18.0 Å². The number of nitrogens with zero attached hydrogens (tertiary/aromatic N) is 3. The number of aromatic nitrogens is 2. The largest absolute Gasteiger partial charge is 0.369 e. The number of hydrogen-bond donors (Lipinski definition) is 1. The molecule has 1 aliphatic carbocycles. The smallest absolute Gasteiger partial charge is 0.186 e. The van der Waals surface area contributed by atoms with Crippen molar-refractivity contribution < 1.29 is 13.6 Å². The third-order valence-electron chi connectivity index (χ3n) is 6.25. The second-order valence-corrected chi connectivity index (χ2v) is 9.35. The van der Waals surface area contributed by atoms with E-state index in [2.05, 4.69) is 14.9 Å². The second kappa shape index (κ2) is 8.67. The van der Waals surface area contributed by atoms with Gasteiger partial charge in [0.15, 0.2) is 5.78 Å². The number of nitrogens with two attached hydrogens (primary N) is 1. The maximum absolute atomic E-state index is 14.1. The summed E-state index contributed by atoms with van der Waals surface area (Å²) in [5.41, 5.74) is 10.6. The van der Waals surface area contributed by atoms with Gasteiger partial charge in [0.05, 0.1) is 5.56 Å². The zero-order chi connectivity index (χ0) is 22.2. The summed E-state index contributed by atoms with van der Waals surface area (Å²) in [6, 6.07) is 3.80. The Hall–Kier alpha value is -2.71. The zero-order valence-corrected chi connectivity index (χ0v) is 18.4. The van der Waals surface area contributed by atoms with Gasteiger partial charge in [0.2, 0.25) is 0 Å². The van der Waals surface area contributed by atoms with E-state index in [9.17, 15) is 13.6 Å². The van der Waals surface area contributed by atoms with Crippen molar-refractivity contribution in [3.8, 4) is 10.6 Å². The first-order valence-corrected chi connectivity index (χ1v) is 11.8. The molecule has 1 fully saturated rings. The molecule has 2 aliphatic rings. The SMILES string of the molecule is N[C@H]1CCCN(c2c(CC(=O)c3csc(-c4c(F)cccc4F)n3)cnc3c2CCC3)C1. The molecule has 1 aromatic carbocycles. The first-order chi connectivity index (χ1) is 15.5. The number of anilines is 1. The number of halogens is 2. The number of ketones is 1. The molecule has 5 rings (SSSR count). The summed E-state index contributed by atoms with van der Waals surface area (Å²) in [6.45, 7) is 1.68. The Morgan fingerprint density at radius 3 is 2.81 bits per heavy atom. The van der Waals surface area contributed by atoms with Crippen molar-refractivity contribution in [2.24, 2.45) is 5.73 Å². The van der Waals surface area contributed by atoms with E-state index in [0.717, 1.165) is 73.5 Å². The van der Waals surface area contributed by atoms with Crippen LogP contribution in [0.15, 0.2) is 29.8 Å². The van der Waals surface area contributed by atoms with Gasteiger partial charge in [0, 0.05) is 54.1 Å². The predicted octanol–water partition coefficient (Wildman–Crippen LogP) is 4.32. The van der Waals surface area contributed by atoms with E-state index < -0.39 is 11.6 Å². The molecule has 166 valence electrons. The molecule has 32 heavy (non-hydrogen) atoms. The highest BCUT2D eigenvalue weighted by molar-refractivity contribution is 7.13. The maximum Gasteiger partial charge on any atom is 0.186 e. The molecule has 1 aliphatic heterocycles. The van der Waals surface area contributed by atoms with Gasteiger partial charge in [-0.1, -0.05) is 6.07 Å². The number of benzene rings is 1. The van der Waals surface area contributed by atoms with Gasteiger partial charge >= 0.3 is 0 Å². The number of rotatable bonds is 5. The lowest BCUT2D eigenvalue weighted by Gasteiger charge is -2.35. The van der Waals surface area contributed by atoms with Crippen molar-refractivity contribution in [3.05, 3.63) is 63.9 Å². The van der Waals surface area contributed by atoms with Gasteiger partial charge in [0.25, 0.3) is 0 Å². The van der Waals surface area contributed by atoms with Crippen LogP contribution < -0.4 is 10.6 Å². The third kappa shape index (κ3) is 3.93. The Labute approximate surface area is 189 Å². The fourth-order valence-corrected chi connectivity index (χ4v) is 5.63. The standard InChI is InChI=1S/C24H24F2N4OS/c25-17-6-2-7-18(26)22(17)24-29-20(13-32-24)21(31)10-14-11-28-19-8-1-5-16(19)23(14)30-9-3-4-15(27)12-30/h2,6-7,11,13,15H,1,3-5,8-10,12,27H2/t15-/m0/s1. The highest BCUT2D eigenvalue weighted by Crippen LogP contribution is 2.36. The minimum atomic E-state index is -0.690. The number of pyridine rings is 1. The number of thiazole rings is 1. The number of aryl methyl sites for hydroxylation is 1. The molecule has 0 saturated carbocycles. The lowest BCUT2D eigenvalue weighted by atomic mass is 9.98. The van der Waals surface area contributed by atoms with Crippen LogP contribution in [0.4, 0.5) is 14.5 Å². The first kappa shape index (κ1) is 21.2. The van der Waals surface area contributed by atoms with E-state index in [1.807, 2.05) is 0 Å². The summed E-state index contributed by atoms with van der Waals surface area (Å²) in [7, 11) is 0. The Morgan fingerprint density at radius 2 is 2.03 bits per heavy atom. The Bertz CT molecular complexity index is 1160. The summed E-state index contributed by atoms with van der Waals surface area (Å²) in [5, 5.41) is 1.74. The van der Waals surface area contributed by atoms with Crippen LogP contribution in [0.1, 0.15) is 46.6 Å². The monoisotopic (exact) mass is 454 g/mol. The minimum Gasteiger partial charge on any atom is -0.369 e. The topological polar surface area (TPSA) is 72.1 Å². The van der Waals surface area contributed by atoms with Crippen LogP contribution in [-0.2, 0) is 19.3 Å². The fraction of sp³-hybridized carbons (Fsp3) is 0.375. The molecule has 3 heterocycles. The van der Waals surface area contributed by atoms with E-state index in [0.29, 0.717) is 0 Å². The Kier molecular flexibility index (Phi) is 5.73. The third-order valence-corrected chi connectivity index (χ3v) is 7.11. The second-order valence-electron chi connectivity index (χ2n) is 8.49. The molecular weight excluding hydrogens is 430 g/mol. The van der Waals surface area contributed by atoms with Crippen LogP contribution in [0, 0.1) is 11.6 Å². The van der Waals surface area contributed by atoms with Crippen LogP contribution in [0.3, 0.4) is 0 Å². The van der Waals surface area contributed by atoms with Crippen molar-refractivity contribution in [1.82, 2.24) is 9.97 Å². The van der Waals surface area contributed by atoms with E-state index in [1.165, 1.54) is 23.8 Å². The van der Waals surface area contributed by atoms with Crippen molar-refractivity contribution in [2.45, 2.75) is 44.6 Å². The van der Waals surface area contributed by atoms with E-state index >= 15 is 0 Å².